The molecular formula is C13H11ClN2O3. The van der Waals surface area contributed by atoms with Crippen molar-refractivity contribution in [2.45, 2.75) is 0 Å². The van der Waals surface area contributed by atoms with Crippen LogP contribution in [0.2, 0.25) is 5.02 Å². The third kappa shape index (κ3) is 3.14. The van der Waals surface area contributed by atoms with Crippen LogP contribution in [0.5, 0.6) is 0 Å². The fourth-order valence-electron chi connectivity index (χ4n) is 1.66. The van der Waals surface area contributed by atoms with E-state index in [1.54, 1.807) is 30.3 Å². The van der Waals surface area contributed by atoms with E-state index in [-0.39, 0.29) is 5.69 Å². The van der Waals surface area contributed by atoms with Crippen LogP contribution in [-0.2, 0) is 4.79 Å². The van der Waals surface area contributed by atoms with Crippen LogP contribution in [0.4, 0.5) is 5.69 Å². The molecule has 0 spiro atoms. The second-order valence-corrected chi connectivity index (χ2v) is 4.29. The van der Waals surface area contributed by atoms with Gasteiger partial charge in [-0.2, -0.15) is 0 Å². The first-order valence-electron chi connectivity index (χ1n) is 5.50. The van der Waals surface area contributed by atoms with Gasteiger partial charge in [-0.05, 0) is 18.2 Å². The van der Waals surface area contributed by atoms with Gasteiger partial charge in [-0.3, -0.25) is 14.5 Å². The molecule has 6 heteroatoms. The van der Waals surface area contributed by atoms with Crippen LogP contribution in [0.15, 0.2) is 42.6 Å². The summed E-state index contributed by atoms with van der Waals surface area (Å²) < 4.78 is 0. The predicted molar refractivity (Wildman–Crippen MR) is 71.6 cm³/mol. The first-order chi connectivity index (χ1) is 9.08. The fourth-order valence-corrected chi connectivity index (χ4v) is 1.82. The van der Waals surface area contributed by atoms with Crippen LogP contribution in [0.1, 0.15) is 10.5 Å². The summed E-state index contributed by atoms with van der Waals surface area (Å²) >= 11 is 5.74. The molecule has 1 aromatic heterocycles. The normalized spacial score (nSPS) is 10.2. The van der Waals surface area contributed by atoms with Gasteiger partial charge in [-0.1, -0.05) is 29.8 Å². The number of H-pyrrole nitrogens is 1. The maximum Gasteiger partial charge on any atom is 0.323 e. The minimum Gasteiger partial charge on any atom is -0.480 e. The van der Waals surface area contributed by atoms with Gasteiger partial charge in [0, 0.05) is 11.9 Å². The number of halogens is 1. The topological polar surface area (TPSA) is 73.4 Å². The minimum absolute atomic E-state index is 0.245. The second kappa shape index (κ2) is 5.58. The highest BCUT2D eigenvalue weighted by molar-refractivity contribution is 6.31. The van der Waals surface area contributed by atoms with E-state index in [0.29, 0.717) is 10.7 Å². The number of amides is 1. The maximum atomic E-state index is 12.3. The Morgan fingerprint density at radius 1 is 1.26 bits per heavy atom. The average Bonchev–Trinajstić information content (AvgIpc) is 2.83. The lowest BCUT2D eigenvalue weighted by Crippen LogP contribution is -2.35. The molecule has 0 radical (unpaired) electrons. The molecule has 0 atom stereocenters. The molecule has 1 amide bonds. The summed E-state index contributed by atoms with van der Waals surface area (Å²) in [5.41, 5.74) is 0.760. The first kappa shape index (κ1) is 13.2. The number of para-hydroxylation sites is 1. The lowest BCUT2D eigenvalue weighted by molar-refractivity contribution is -0.135. The summed E-state index contributed by atoms with van der Waals surface area (Å²) in [6.45, 7) is -0.417. The number of rotatable bonds is 4. The largest absolute Gasteiger partial charge is 0.480 e. The van der Waals surface area contributed by atoms with Gasteiger partial charge in [0.15, 0.2) is 0 Å². The Balaban J connectivity index is 2.33. The van der Waals surface area contributed by atoms with Gasteiger partial charge in [0.25, 0.3) is 5.91 Å². The average molecular weight is 279 g/mol. The van der Waals surface area contributed by atoms with Gasteiger partial charge in [-0.15, -0.1) is 0 Å². The number of anilines is 1. The number of carbonyl (C=O) groups excluding carboxylic acids is 1. The van der Waals surface area contributed by atoms with Crippen molar-refractivity contribution in [2.75, 3.05) is 11.4 Å². The van der Waals surface area contributed by atoms with Crippen LogP contribution in [-0.4, -0.2) is 28.5 Å². The molecule has 2 N–H and O–H groups in total. The number of benzene rings is 1. The molecule has 0 aliphatic carbocycles. The number of carboxylic acids is 1. The number of nitrogens with zero attached hydrogens (tertiary/aromatic N) is 1. The van der Waals surface area contributed by atoms with E-state index >= 15 is 0 Å². The predicted octanol–water partition coefficient (Wildman–Crippen LogP) is 2.40. The summed E-state index contributed by atoms with van der Waals surface area (Å²) in [5.74, 6) is -1.53. The SMILES string of the molecule is O=C(O)CN(C(=O)c1cc(Cl)c[nH]1)c1ccccc1. The quantitative estimate of drug-likeness (QED) is 0.902. The highest BCUT2D eigenvalue weighted by Gasteiger charge is 2.21. The zero-order valence-electron chi connectivity index (χ0n) is 9.84. The van der Waals surface area contributed by atoms with E-state index in [1.807, 2.05) is 0 Å². The summed E-state index contributed by atoms with van der Waals surface area (Å²) in [7, 11) is 0. The molecule has 0 unspecified atom stereocenters. The molecule has 0 saturated heterocycles. The lowest BCUT2D eigenvalue weighted by atomic mass is 10.2. The van der Waals surface area contributed by atoms with Crippen LogP contribution in [0.3, 0.4) is 0 Å². The highest BCUT2D eigenvalue weighted by Crippen LogP contribution is 2.18. The van der Waals surface area contributed by atoms with Gasteiger partial charge in [0.2, 0.25) is 0 Å². The molecule has 98 valence electrons. The molecule has 0 fully saturated rings. The van der Waals surface area contributed by atoms with Gasteiger partial charge in [0.1, 0.15) is 12.2 Å². The molecule has 1 aromatic carbocycles. The number of carbonyl (C=O) groups is 2. The number of aromatic nitrogens is 1. The molecule has 0 bridgehead atoms. The zero-order chi connectivity index (χ0) is 13.8. The molecule has 0 aliphatic rings. The number of aromatic amines is 1. The van der Waals surface area contributed by atoms with E-state index in [0.717, 1.165) is 0 Å². The van der Waals surface area contributed by atoms with Crippen molar-refractivity contribution >= 4 is 29.2 Å². The van der Waals surface area contributed by atoms with Crippen molar-refractivity contribution < 1.29 is 14.7 Å². The highest BCUT2D eigenvalue weighted by atomic mass is 35.5. The van der Waals surface area contributed by atoms with Gasteiger partial charge in [-0.25, -0.2) is 0 Å². The smallest absolute Gasteiger partial charge is 0.323 e. The number of hydrogen-bond acceptors (Lipinski definition) is 2. The molecule has 5 nitrogen and oxygen atoms in total. The summed E-state index contributed by atoms with van der Waals surface area (Å²) in [6, 6.07) is 10.1. The van der Waals surface area contributed by atoms with Crippen molar-refractivity contribution in [3.63, 3.8) is 0 Å². The molecule has 19 heavy (non-hydrogen) atoms. The van der Waals surface area contributed by atoms with Crippen molar-refractivity contribution in [3.8, 4) is 0 Å². The number of nitrogens with one attached hydrogen (secondary N) is 1. The summed E-state index contributed by atoms with van der Waals surface area (Å²) in [5, 5.41) is 9.31. The standard InChI is InChI=1S/C13H11ClN2O3/c14-9-6-11(15-7-9)13(19)16(8-12(17)18)10-4-2-1-3-5-10/h1-7,15H,8H2,(H,17,18). The Labute approximate surface area is 114 Å². The molecular weight excluding hydrogens is 268 g/mol. The Bertz CT molecular complexity index is 595. The molecule has 0 aliphatic heterocycles. The van der Waals surface area contributed by atoms with Crippen LogP contribution in [0.25, 0.3) is 0 Å². The van der Waals surface area contributed by atoms with E-state index in [1.165, 1.54) is 17.2 Å². The van der Waals surface area contributed by atoms with Crippen molar-refractivity contribution in [1.29, 1.82) is 0 Å². The van der Waals surface area contributed by atoms with E-state index in [9.17, 15) is 9.59 Å². The summed E-state index contributed by atoms with van der Waals surface area (Å²) in [6.07, 6.45) is 1.47. The molecule has 2 aromatic rings. The van der Waals surface area contributed by atoms with Gasteiger partial charge >= 0.3 is 5.97 Å². The molecule has 0 saturated carbocycles. The Hall–Kier alpha value is -2.27. The molecule has 1 heterocycles. The lowest BCUT2D eigenvalue weighted by Gasteiger charge is -2.20. The molecule has 2 rings (SSSR count). The van der Waals surface area contributed by atoms with E-state index in [4.69, 9.17) is 16.7 Å². The zero-order valence-corrected chi connectivity index (χ0v) is 10.6. The Kier molecular flexibility index (Phi) is 3.87. The van der Waals surface area contributed by atoms with Crippen LogP contribution >= 0.6 is 11.6 Å². The summed E-state index contributed by atoms with van der Waals surface area (Å²) in [4.78, 5) is 27.0. The number of carboxylic acid groups (broad SMARTS) is 1. The monoisotopic (exact) mass is 278 g/mol. The third-order valence-electron chi connectivity index (χ3n) is 2.48. The Morgan fingerprint density at radius 2 is 1.95 bits per heavy atom. The van der Waals surface area contributed by atoms with Crippen LogP contribution < -0.4 is 4.90 Å². The van der Waals surface area contributed by atoms with E-state index < -0.39 is 18.4 Å². The van der Waals surface area contributed by atoms with Gasteiger partial charge in [0.05, 0.1) is 5.02 Å². The van der Waals surface area contributed by atoms with E-state index in [2.05, 4.69) is 4.98 Å². The number of aliphatic carboxylic acids is 1. The fraction of sp³-hybridized carbons (Fsp3) is 0.0769. The first-order valence-corrected chi connectivity index (χ1v) is 5.88. The van der Waals surface area contributed by atoms with Crippen LogP contribution in [0, 0.1) is 0 Å². The third-order valence-corrected chi connectivity index (χ3v) is 2.70. The number of hydrogen-bond donors (Lipinski definition) is 2. The maximum absolute atomic E-state index is 12.3. The Morgan fingerprint density at radius 3 is 2.47 bits per heavy atom. The van der Waals surface area contributed by atoms with Gasteiger partial charge < -0.3 is 10.1 Å². The minimum atomic E-state index is -1.09. The van der Waals surface area contributed by atoms with Crippen molar-refractivity contribution in [1.82, 2.24) is 4.98 Å². The van der Waals surface area contributed by atoms with Crippen molar-refractivity contribution in [3.05, 3.63) is 53.3 Å². The van der Waals surface area contributed by atoms with Crippen molar-refractivity contribution in [2.24, 2.45) is 0 Å². The second-order valence-electron chi connectivity index (χ2n) is 3.85.